The van der Waals surface area contributed by atoms with Crippen LogP contribution in [0.4, 0.5) is 5.82 Å². The molecular weight excluding hydrogens is 284 g/mol. The third-order valence-electron chi connectivity index (χ3n) is 3.81. The van der Waals surface area contributed by atoms with E-state index >= 15 is 0 Å². The number of nitrogens with zero attached hydrogens (tertiary/aromatic N) is 2. The Morgan fingerprint density at radius 2 is 1.61 bits per heavy atom. The number of nitrogens with two attached hydrogens (primary N) is 1. The molecule has 23 heavy (non-hydrogen) atoms. The maximum atomic E-state index is 8.38. The van der Waals surface area contributed by atoms with E-state index in [1.807, 2.05) is 49.4 Å². The minimum Gasteiger partial charge on any atom is -0.383 e. The predicted octanol–water partition coefficient (Wildman–Crippen LogP) is 3.37. The molecule has 0 atom stereocenters. The van der Waals surface area contributed by atoms with Crippen LogP contribution in [0.5, 0.6) is 0 Å². The fourth-order valence-electron chi connectivity index (χ4n) is 2.57. The maximum Gasteiger partial charge on any atom is 0.136 e. The molecule has 3 rings (SSSR count). The van der Waals surface area contributed by atoms with E-state index in [0.29, 0.717) is 17.1 Å². The molecule has 0 unspecified atom stereocenters. The van der Waals surface area contributed by atoms with Crippen LogP contribution in [0.2, 0.25) is 0 Å². The first-order valence-electron chi connectivity index (χ1n) is 7.44. The molecule has 1 heterocycles. The molecule has 114 valence electrons. The van der Waals surface area contributed by atoms with Gasteiger partial charge in [-0.15, -0.1) is 0 Å². The molecule has 0 spiro atoms. The van der Waals surface area contributed by atoms with Crippen LogP contribution in [-0.4, -0.2) is 15.7 Å². The topological polar surface area (TPSA) is 75.7 Å². The zero-order valence-corrected chi connectivity index (χ0v) is 13.0. The van der Waals surface area contributed by atoms with Gasteiger partial charge in [0.15, 0.2) is 0 Å². The van der Waals surface area contributed by atoms with Gasteiger partial charge in [-0.05, 0) is 24.5 Å². The Labute approximate surface area is 135 Å². The molecule has 0 bridgehead atoms. The molecule has 0 aliphatic rings. The molecule has 0 fully saturated rings. The van der Waals surface area contributed by atoms with Crippen LogP contribution in [0.3, 0.4) is 0 Å². The highest BCUT2D eigenvalue weighted by molar-refractivity contribution is 6.13. The lowest BCUT2D eigenvalue weighted by atomic mass is 9.98. The van der Waals surface area contributed by atoms with E-state index in [4.69, 9.17) is 11.1 Å². The predicted molar refractivity (Wildman–Crippen MR) is 92.8 cm³/mol. The third-order valence-corrected chi connectivity index (χ3v) is 3.81. The summed E-state index contributed by atoms with van der Waals surface area (Å²) < 4.78 is 0. The summed E-state index contributed by atoms with van der Waals surface area (Å²) in [5, 5.41) is 8.38. The number of nitrogens with one attached hydrogen (secondary N) is 1. The molecule has 2 aromatic carbocycles. The van der Waals surface area contributed by atoms with E-state index in [1.54, 1.807) is 0 Å². The third kappa shape index (κ3) is 3.26. The van der Waals surface area contributed by atoms with Crippen LogP contribution in [0.1, 0.15) is 27.9 Å². The van der Waals surface area contributed by atoms with E-state index in [-0.39, 0.29) is 0 Å². The van der Waals surface area contributed by atoms with Gasteiger partial charge in [-0.1, -0.05) is 54.6 Å². The van der Waals surface area contributed by atoms with Gasteiger partial charge in [0.2, 0.25) is 0 Å². The number of hydrogen-bond acceptors (Lipinski definition) is 4. The summed E-state index contributed by atoms with van der Waals surface area (Å²) in [4.78, 5) is 8.11. The Kier molecular flexibility index (Phi) is 4.15. The standard InChI is InChI=1S/C19H18N4/c1-13-17(19(21)23-12-22-13)18(20)16-9-7-15(8-10-16)11-14-5-3-2-4-6-14/h2-10,12,20H,11H2,1H3,(H2,21,22,23). The van der Waals surface area contributed by atoms with Crippen molar-refractivity contribution in [1.82, 2.24) is 9.97 Å². The van der Waals surface area contributed by atoms with Gasteiger partial charge in [0.05, 0.1) is 17.0 Å². The summed E-state index contributed by atoms with van der Waals surface area (Å²) in [6.07, 6.45) is 2.30. The van der Waals surface area contributed by atoms with Crippen molar-refractivity contribution in [2.45, 2.75) is 13.3 Å². The molecule has 4 nitrogen and oxygen atoms in total. The Morgan fingerprint density at radius 1 is 0.957 bits per heavy atom. The Morgan fingerprint density at radius 3 is 2.26 bits per heavy atom. The zero-order chi connectivity index (χ0) is 16.2. The molecule has 4 heteroatoms. The Hall–Kier alpha value is -3.01. The first-order valence-corrected chi connectivity index (χ1v) is 7.44. The number of aromatic nitrogens is 2. The number of aryl methyl sites for hydroxylation is 1. The SMILES string of the molecule is Cc1ncnc(N)c1C(=N)c1ccc(Cc2ccccc2)cc1. The summed E-state index contributed by atoms with van der Waals surface area (Å²) in [5.41, 5.74) is 10.9. The molecular formula is C19H18N4. The summed E-state index contributed by atoms with van der Waals surface area (Å²) in [5.74, 6) is 0.343. The van der Waals surface area contributed by atoms with Gasteiger partial charge in [0.1, 0.15) is 12.1 Å². The van der Waals surface area contributed by atoms with Crippen molar-refractivity contribution in [1.29, 1.82) is 5.41 Å². The Bertz CT molecular complexity index is 803. The highest BCUT2D eigenvalue weighted by Crippen LogP contribution is 2.18. The fraction of sp³-hybridized carbons (Fsp3) is 0.105. The van der Waals surface area contributed by atoms with E-state index in [0.717, 1.165) is 17.7 Å². The second-order valence-electron chi connectivity index (χ2n) is 5.45. The van der Waals surface area contributed by atoms with Gasteiger partial charge >= 0.3 is 0 Å². The largest absolute Gasteiger partial charge is 0.383 e. The second-order valence-corrected chi connectivity index (χ2v) is 5.45. The number of hydrogen-bond donors (Lipinski definition) is 2. The number of anilines is 1. The Balaban J connectivity index is 1.83. The van der Waals surface area contributed by atoms with Crippen molar-refractivity contribution < 1.29 is 0 Å². The first kappa shape index (κ1) is 14.9. The van der Waals surface area contributed by atoms with Crippen LogP contribution in [-0.2, 0) is 6.42 Å². The lowest BCUT2D eigenvalue weighted by molar-refractivity contribution is 1.10. The highest BCUT2D eigenvalue weighted by Gasteiger charge is 2.13. The normalized spacial score (nSPS) is 10.5. The molecule has 0 amide bonds. The van der Waals surface area contributed by atoms with Crippen molar-refractivity contribution in [3.63, 3.8) is 0 Å². The van der Waals surface area contributed by atoms with Crippen LogP contribution in [0, 0.1) is 12.3 Å². The van der Waals surface area contributed by atoms with Gasteiger partial charge in [-0.3, -0.25) is 5.41 Å². The molecule has 0 saturated carbocycles. The van der Waals surface area contributed by atoms with E-state index in [9.17, 15) is 0 Å². The second kappa shape index (κ2) is 6.40. The highest BCUT2D eigenvalue weighted by atomic mass is 14.9. The van der Waals surface area contributed by atoms with Gasteiger partial charge in [0.25, 0.3) is 0 Å². The summed E-state index contributed by atoms with van der Waals surface area (Å²) >= 11 is 0. The minimum atomic E-state index is 0.343. The fourth-order valence-corrected chi connectivity index (χ4v) is 2.57. The van der Waals surface area contributed by atoms with E-state index in [2.05, 4.69) is 22.1 Å². The lowest BCUT2D eigenvalue weighted by Gasteiger charge is -2.10. The molecule has 3 aromatic rings. The van der Waals surface area contributed by atoms with Crippen molar-refractivity contribution in [2.75, 3.05) is 5.73 Å². The van der Waals surface area contributed by atoms with Crippen molar-refractivity contribution in [2.24, 2.45) is 0 Å². The molecule has 0 radical (unpaired) electrons. The average molecular weight is 302 g/mol. The number of rotatable bonds is 4. The van der Waals surface area contributed by atoms with Gasteiger partial charge in [0, 0.05) is 5.56 Å². The lowest BCUT2D eigenvalue weighted by Crippen LogP contribution is -2.10. The monoisotopic (exact) mass is 302 g/mol. The number of nitrogen functional groups attached to an aromatic ring is 1. The van der Waals surface area contributed by atoms with E-state index < -0.39 is 0 Å². The molecule has 0 saturated heterocycles. The number of benzene rings is 2. The molecule has 0 aliphatic carbocycles. The van der Waals surface area contributed by atoms with Crippen LogP contribution < -0.4 is 5.73 Å². The molecule has 3 N–H and O–H groups in total. The van der Waals surface area contributed by atoms with E-state index in [1.165, 1.54) is 17.5 Å². The summed E-state index contributed by atoms with van der Waals surface area (Å²) in [6, 6.07) is 18.3. The van der Waals surface area contributed by atoms with Crippen LogP contribution >= 0.6 is 0 Å². The molecule has 1 aromatic heterocycles. The van der Waals surface area contributed by atoms with Gasteiger partial charge < -0.3 is 5.73 Å². The first-order chi connectivity index (χ1) is 11.1. The zero-order valence-electron chi connectivity index (χ0n) is 13.0. The van der Waals surface area contributed by atoms with Crippen molar-refractivity contribution in [3.05, 3.63) is 88.9 Å². The summed E-state index contributed by atoms with van der Waals surface area (Å²) in [7, 11) is 0. The van der Waals surface area contributed by atoms with Crippen molar-refractivity contribution >= 4 is 11.5 Å². The maximum absolute atomic E-state index is 8.38. The van der Waals surface area contributed by atoms with Gasteiger partial charge in [-0.25, -0.2) is 9.97 Å². The average Bonchev–Trinajstić information content (AvgIpc) is 2.56. The van der Waals surface area contributed by atoms with Crippen LogP contribution in [0.15, 0.2) is 60.9 Å². The minimum absolute atomic E-state index is 0.343. The van der Waals surface area contributed by atoms with Gasteiger partial charge in [-0.2, -0.15) is 0 Å². The van der Waals surface area contributed by atoms with Crippen LogP contribution in [0.25, 0.3) is 0 Å². The molecule has 0 aliphatic heterocycles. The quantitative estimate of drug-likeness (QED) is 0.725. The van der Waals surface area contributed by atoms with Crippen molar-refractivity contribution in [3.8, 4) is 0 Å². The smallest absolute Gasteiger partial charge is 0.136 e. The summed E-state index contributed by atoms with van der Waals surface area (Å²) in [6.45, 7) is 1.84.